The lowest BCUT2D eigenvalue weighted by Crippen LogP contribution is -2.22. The largest absolute Gasteiger partial charge is 0.741 e. The third-order valence-electron chi connectivity index (χ3n) is 6.26. The molecule has 3 heterocycles. The van der Waals surface area contributed by atoms with Gasteiger partial charge in [-0.2, -0.15) is 13.2 Å². The minimum atomic E-state index is -6.09. The number of anilines is 2. The summed E-state index contributed by atoms with van der Waals surface area (Å²) < 4.78 is 68.7. The topological polar surface area (TPSA) is 87.0 Å². The number of hydrogen-bond acceptors (Lipinski definition) is 5. The smallest absolute Gasteiger partial charge is 0.485 e. The first-order chi connectivity index (χ1) is 19.5. The Bertz CT molecular complexity index is 1980. The highest BCUT2D eigenvalue weighted by Crippen LogP contribution is 2.35. The number of halogens is 4. The van der Waals surface area contributed by atoms with Crippen LogP contribution in [0.5, 0.6) is 5.75 Å². The van der Waals surface area contributed by atoms with Crippen molar-refractivity contribution in [1.82, 2.24) is 4.40 Å². The molecule has 0 aliphatic heterocycles. The Kier molecular flexibility index (Phi) is 7.52. The van der Waals surface area contributed by atoms with Gasteiger partial charge in [-0.25, -0.2) is 17.2 Å². The molecule has 6 aromatic rings. The van der Waals surface area contributed by atoms with Crippen LogP contribution in [0.3, 0.4) is 0 Å². The van der Waals surface area contributed by atoms with Gasteiger partial charge in [-0.1, -0.05) is 66.2 Å². The molecule has 7 nitrogen and oxygen atoms in total. The van der Waals surface area contributed by atoms with Gasteiger partial charge in [0, 0.05) is 17.0 Å². The van der Waals surface area contributed by atoms with Crippen LogP contribution in [0, 0.1) is 0 Å². The number of benzene rings is 3. The lowest BCUT2D eigenvalue weighted by Gasteiger charge is -2.08. The molecule has 0 bridgehead atoms. The summed E-state index contributed by atoms with van der Waals surface area (Å²) in [5, 5.41) is 6.66. The van der Waals surface area contributed by atoms with Crippen LogP contribution in [0.15, 0.2) is 103 Å². The van der Waals surface area contributed by atoms with E-state index in [4.69, 9.17) is 29.3 Å². The minimum absolute atomic E-state index is 0.673. The summed E-state index contributed by atoms with van der Waals surface area (Å²) in [6.07, 6.45) is 1.96. The maximum atomic E-state index is 10.7. The third-order valence-corrected chi connectivity index (χ3v) is 7.05. The van der Waals surface area contributed by atoms with Crippen molar-refractivity contribution >= 4 is 55.2 Å². The summed E-state index contributed by atoms with van der Waals surface area (Å²) in [6.45, 7) is 0. The molecule has 0 saturated carbocycles. The molecule has 41 heavy (non-hydrogen) atoms. The van der Waals surface area contributed by atoms with Crippen LogP contribution in [0.2, 0.25) is 5.02 Å². The molecule has 12 heteroatoms. The molecule has 0 fully saturated rings. The second kappa shape index (κ2) is 10.9. The third kappa shape index (κ3) is 5.64. The average molecular weight is 600 g/mol. The van der Waals surface area contributed by atoms with Crippen LogP contribution in [0.25, 0.3) is 33.2 Å². The molecular weight excluding hydrogens is 579 g/mol. The number of aromatic nitrogens is 2. The van der Waals surface area contributed by atoms with Gasteiger partial charge in [-0.15, -0.1) is 0 Å². The van der Waals surface area contributed by atoms with Gasteiger partial charge in [-0.3, -0.25) is 5.32 Å². The predicted molar refractivity (Wildman–Crippen MR) is 151 cm³/mol. The van der Waals surface area contributed by atoms with E-state index in [1.165, 1.54) is 5.39 Å². The first-order valence-electron chi connectivity index (χ1n) is 12.0. The van der Waals surface area contributed by atoms with Crippen molar-refractivity contribution in [3.63, 3.8) is 0 Å². The van der Waals surface area contributed by atoms with E-state index >= 15 is 0 Å². The summed E-state index contributed by atoms with van der Waals surface area (Å²) in [6, 6.07) is 33.2. The molecule has 0 atom stereocenters. The van der Waals surface area contributed by atoms with Crippen molar-refractivity contribution in [2.75, 3.05) is 12.4 Å². The first kappa shape index (κ1) is 28.2. The highest BCUT2D eigenvalue weighted by Gasteiger charge is 2.37. The fourth-order valence-electron chi connectivity index (χ4n) is 4.46. The van der Waals surface area contributed by atoms with Gasteiger partial charge in [0.25, 0.3) is 5.82 Å². The predicted octanol–water partition coefficient (Wildman–Crippen LogP) is 6.96. The van der Waals surface area contributed by atoms with Gasteiger partial charge >= 0.3 is 5.51 Å². The summed E-state index contributed by atoms with van der Waals surface area (Å²) in [7, 11) is -4.42. The number of fused-ring (bicyclic) bond motifs is 5. The highest BCUT2D eigenvalue weighted by molar-refractivity contribution is 7.86. The second-order valence-electron chi connectivity index (χ2n) is 8.84. The van der Waals surface area contributed by atoms with Crippen molar-refractivity contribution in [2.45, 2.75) is 5.51 Å². The van der Waals surface area contributed by atoms with Crippen LogP contribution in [-0.2, 0) is 10.1 Å². The van der Waals surface area contributed by atoms with Gasteiger partial charge in [0.15, 0.2) is 15.6 Å². The molecular formula is C29H21ClF3N3O4S. The van der Waals surface area contributed by atoms with E-state index in [0.29, 0.717) is 5.02 Å². The molecule has 0 radical (unpaired) electrons. The van der Waals surface area contributed by atoms with Crippen LogP contribution in [-0.4, -0.2) is 30.0 Å². The number of imidazole rings is 1. The van der Waals surface area contributed by atoms with Gasteiger partial charge in [0.2, 0.25) is 5.65 Å². The van der Waals surface area contributed by atoms with Crippen LogP contribution >= 0.6 is 11.6 Å². The number of pyridine rings is 2. The Balaban J connectivity index is 0.000000372. The molecule has 0 saturated heterocycles. The van der Waals surface area contributed by atoms with Gasteiger partial charge in [-0.05, 0) is 41.8 Å². The van der Waals surface area contributed by atoms with Gasteiger partial charge in [0.1, 0.15) is 11.4 Å². The van der Waals surface area contributed by atoms with Crippen molar-refractivity contribution < 1.29 is 35.3 Å². The number of methoxy groups -OCH3 is 1. The lowest BCUT2D eigenvalue weighted by atomic mass is 10.1. The maximum Gasteiger partial charge on any atom is 0.485 e. The van der Waals surface area contributed by atoms with Gasteiger partial charge < -0.3 is 9.29 Å². The van der Waals surface area contributed by atoms with Gasteiger partial charge in [0.05, 0.1) is 24.0 Å². The number of nitrogens with zero attached hydrogens (tertiary/aromatic N) is 2. The zero-order valence-electron chi connectivity index (χ0n) is 21.3. The molecule has 1 N–H and O–H groups in total. The van der Waals surface area contributed by atoms with E-state index in [-0.39, 0.29) is 0 Å². The van der Waals surface area contributed by atoms with Crippen molar-refractivity contribution in [1.29, 1.82) is 0 Å². The molecule has 0 spiro atoms. The molecule has 0 aliphatic carbocycles. The van der Waals surface area contributed by atoms with E-state index < -0.39 is 15.6 Å². The highest BCUT2D eigenvalue weighted by atomic mass is 35.5. The summed E-state index contributed by atoms with van der Waals surface area (Å²) in [5.74, 6) is 1.77. The SMILES string of the molecule is COc1ccc(Nc2c3c4ccccc4cc(-c4ccccc4)n3c3ccc(Cl)c[n+]23)cc1.O=S(=O)([O-])C(F)(F)F. The fourth-order valence-corrected chi connectivity index (χ4v) is 4.62. The maximum absolute atomic E-state index is 10.7. The Morgan fingerprint density at radius 1 is 0.927 bits per heavy atom. The quantitative estimate of drug-likeness (QED) is 0.135. The van der Waals surface area contributed by atoms with Crippen molar-refractivity contribution in [3.05, 3.63) is 108 Å². The molecule has 3 aromatic heterocycles. The number of hydrogen-bond donors (Lipinski definition) is 1. The Labute approximate surface area is 237 Å². The van der Waals surface area contributed by atoms with Crippen molar-refractivity contribution in [2.24, 2.45) is 0 Å². The lowest BCUT2D eigenvalue weighted by molar-refractivity contribution is -0.493. The van der Waals surface area contributed by atoms with E-state index in [2.05, 4.69) is 74.8 Å². The first-order valence-corrected chi connectivity index (χ1v) is 13.8. The Hall–Kier alpha value is -4.32. The van der Waals surface area contributed by atoms with Crippen LogP contribution < -0.4 is 14.5 Å². The van der Waals surface area contributed by atoms with Crippen molar-refractivity contribution in [3.8, 4) is 17.0 Å². The van der Waals surface area contributed by atoms with E-state index in [1.54, 1.807) is 7.11 Å². The second-order valence-corrected chi connectivity index (χ2v) is 10.7. The molecule has 0 unspecified atom stereocenters. The number of nitrogens with one attached hydrogen (secondary N) is 1. The van der Waals surface area contributed by atoms with E-state index in [9.17, 15) is 13.2 Å². The number of alkyl halides is 3. The monoisotopic (exact) mass is 599 g/mol. The number of ether oxygens (including phenoxy) is 1. The minimum Gasteiger partial charge on any atom is -0.741 e. The summed E-state index contributed by atoms with van der Waals surface area (Å²) in [5.41, 5.74) is -0.303. The summed E-state index contributed by atoms with van der Waals surface area (Å²) in [4.78, 5) is 0. The normalized spacial score (nSPS) is 11.9. The average Bonchev–Trinajstić information content (AvgIpc) is 3.26. The van der Waals surface area contributed by atoms with E-state index in [0.717, 1.165) is 45.1 Å². The Morgan fingerprint density at radius 2 is 1.56 bits per heavy atom. The van der Waals surface area contributed by atoms with E-state index in [1.807, 2.05) is 42.6 Å². The molecule has 6 rings (SSSR count). The Morgan fingerprint density at radius 3 is 2.20 bits per heavy atom. The molecule has 0 amide bonds. The summed E-state index contributed by atoms with van der Waals surface area (Å²) >= 11 is 6.46. The molecule has 3 aromatic carbocycles. The zero-order chi connectivity index (χ0) is 29.4. The molecule has 0 aliphatic rings. The van der Waals surface area contributed by atoms with Crippen LogP contribution in [0.4, 0.5) is 24.7 Å². The zero-order valence-corrected chi connectivity index (χ0v) is 22.8. The molecule has 210 valence electrons. The standard InChI is InChI=1S/C28H21ClN3O.CHF3O3S/c1-33-23-14-12-22(13-15-23)30-28-27-24-10-6-5-9-20(24)17-25(19-7-3-2-4-8-19)32(27)26-16-11-21(29)18-31(26)28;2-1(3,4)8(5,6)7/h2-18,30H,1H3;(H,5,6,7)/q+1;/p-1. The van der Waals surface area contributed by atoms with Crippen LogP contribution in [0.1, 0.15) is 0 Å². The number of rotatable bonds is 4. The fraction of sp³-hybridized carbons (Fsp3) is 0.0690.